The summed E-state index contributed by atoms with van der Waals surface area (Å²) in [5, 5.41) is 21.5. The Balaban J connectivity index is 2.34. The molecule has 0 aliphatic heterocycles. The molecule has 8 heteroatoms. The molecule has 0 saturated carbocycles. The second-order valence-electron chi connectivity index (χ2n) is 3.41. The van der Waals surface area contributed by atoms with Gasteiger partial charge in [-0.05, 0) is 17.7 Å². The smallest absolute Gasteiger partial charge is 0.271 e. The van der Waals surface area contributed by atoms with Gasteiger partial charge in [0.05, 0.1) is 16.1 Å². The summed E-state index contributed by atoms with van der Waals surface area (Å²) in [4.78, 5) is 12.8. The molecule has 2 rings (SSSR count). The Morgan fingerprint density at radius 1 is 1.61 bits per heavy atom. The Hall–Kier alpha value is -2.86. The van der Waals surface area contributed by atoms with Gasteiger partial charge in [-0.15, -0.1) is 0 Å². The number of nitrogens with one attached hydrogen (secondary N) is 1. The summed E-state index contributed by atoms with van der Waals surface area (Å²) in [6.07, 6.45) is 3.36. The molecule has 0 radical (unpaired) electrons. The summed E-state index contributed by atoms with van der Waals surface area (Å²) in [7, 11) is 0. The van der Waals surface area contributed by atoms with E-state index in [1.54, 1.807) is 18.2 Å². The highest BCUT2D eigenvalue weighted by Gasteiger charge is 2.09. The summed E-state index contributed by atoms with van der Waals surface area (Å²) in [6.45, 7) is 0.234. The average molecular weight is 244 g/mol. The first kappa shape index (κ1) is 11.6. The Labute approximate surface area is 101 Å². The SMILES string of the molecule is [N-]=[N+]=NCC=Cc1n[nH]c2cc([N+](=O)[O-])ccc12. The van der Waals surface area contributed by atoms with Gasteiger partial charge < -0.3 is 0 Å². The highest BCUT2D eigenvalue weighted by Crippen LogP contribution is 2.22. The molecule has 0 aliphatic carbocycles. The molecule has 90 valence electrons. The summed E-state index contributed by atoms with van der Waals surface area (Å²) in [5.74, 6) is 0. The van der Waals surface area contributed by atoms with E-state index in [9.17, 15) is 10.1 Å². The van der Waals surface area contributed by atoms with Crippen LogP contribution in [0.25, 0.3) is 27.4 Å². The van der Waals surface area contributed by atoms with Crippen molar-refractivity contribution < 1.29 is 4.92 Å². The Kier molecular flexibility index (Phi) is 3.22. The number of nitro groups is 1. The number of non-ortho nitro benzene ring substituents is 1. The molecule has 18 heavy (non-hydrogen) atoms. The fourth-order valence-electron chi connectivity index (χ4n) is 1.52. The van der Waals surface area contributed by atoms with Crippen molar-refractivity contribution in [1.82, 2.24) is 10.2 Å². The Bertz CT molecular complexity index is 668. The molecule has 8 nitrogen and oxygen atoms in total. The van der Waals surface area contributed by atoms with Crippen molar-refractivity contribution in [2.24, 2.45) is 5.11 Å². The van der Waals surface area contributed by atoms with Crippen LogP contribution in [0.2, 0.25) is 0 Å². The van der Waals surface area contributed by atoms with Crippen LogP contribution in [-0.2, 0) is 0 Å². The zero-order chi connectivity index (χ0) is 13.0. The second-order valence-corrected chi connectivity index (χ2v) is 3.41. The topological polar surface area (TPSA) is 121 Å². The van der Waals surface area contributed by atoms with Crippen LogP contribution in [0.5, 0.6) is 0 Å². The second kappa shape index (κ2) is 4.98. The van der Waals surface area contributed by atoms with E-state index in [0.29, 0.717) is 11.2 Å². The normalized spacial score (nSPS) is 10.7. The van der Waals surface area contributed by atoms with Gasteiger partial charge in [-0.25, -0.2) is 0 Å². The molecule has 1 aromatic carbocycles. The van der Waals surface area contributed by atoms with Crippen molar-refractivity contribution in [2.75, 3.05) is 6.54 Å². The predicted octanol–water partition coefficient (Wildman–Crippen LogP) is 2.79. The van der Waals surface area contributed by atoms with E-state index in [2.05, 4.69) is 20.2 Å². The van der Waals surface area contributed by atoms with Gasteiger partial charge >= 0.3 is 0 Å². The maximum atomic E-state index is 10.6. The number of rotatable bonds is 4. The maximum absolute atomic E-state index is 10.6. The molecule has 0 saturated heterocycles. The first-order chi connectivity index (χ1) is 8.72. The molecule has 0 fully saturated rings. The summed E-state index contributed by atoms with van der Waals surface area (Å²) in [5.41, 5.74) is 9.36. The highest BCUT2D eigenvalue weighted by atomic mass is 16.6. The zero-order valence-corrected chi connectivity index (χ0v) is 9.15. The molecule has 2 aromatic rings. The third-order valence-corrected chi connectivity index (χ3v) is 2.31. The Morgan fingerprint density at radius 3 is 3.17 bits per heavy atom. The lowest BCUT2D eigenvalue weighted by atomic mass is 10.2. The number of aromatic nitrogens is 2. The lowest BCUT2D eigenvalue weighted by Gasteiger charge is -1.91. The average Bonchev–Trinajstić information content (AvgIpc) is 2.77. The van der Waals surface area contributed by atoms with E-state index in [4.69, 9.17) is 5.53 Å². The van der Waals surface area contributed by atoms with Gasteiger partial charge in [-0.1, -0.05) is 11.2 Å². The summed E-state index contributed by atoms with van der Waals surface area (Å²) in [6, 6.07) is 4.47. The fourth-order valence-corrected chi connectivity index (χ4v) is 1.52. The molecular weight excluding hydrogens is 236 g/mol. The molecule has 0 atom stereocenters. The third kappa shape index (κ3) is 2.28. The van der Waals surface area contributed by atoms with Crippen molar-refractivity contribution in [3.63, 3.8) is 0 Å². The summed E-state index contributed by atoms with van der Waals surface area (Å²) >= 11 is 0. The molecule has 0 unspecified atom stereocenters. The minimum Gasteiger partial charge on any atom is -0.277 e. The first-order valence-electron chi connectivity index (χ1n) is 5.02. The maximum Gasteiger partial charge on any atom is 0.271 e. The lowest BCUT2D eigenvalue weighted by Crippen LogP contribution is -1.86. The molecule has 0 amide bonds. The van der Waals surface area contributed by atoms with Crippen molar-refractivity contribution in [1.29, 1.82) is 0 Å². The van der Waals surface area contributed by atoms with E-state index in [1.807, 2.05) is 0 Å². The third-order valence-electron chi connectivity index (χ3n) is 2.31. The van der Waals surface area contributed by atoms with Crippen molar-refractivity contribution in [2.45, 2.75) is 0 Å². The van der Waals surface area contributed by atoms with Crippen LogP contribution in [0.3, 0.4) is 0 Å². The standard InChI is InChI=1S/C10H8N6O2/c11-15-12-5-1-2-9-8-4-3-7(16(17)18)6-10(8)14-13-9/h1-4,6H,5H2,(H,13,14). The number of aromatic amines is 1. The van der Waals surface area contributed by atoms with E-state index in [0.717, 1.165) is 5.39 Å². The zero-order valence-electron chi connectivity index (χ0n) is 9.15. The van der Waals surface area contributed by atoms with Gasteiger partial charge in [0.1, 0.15) is 0 Å². The van der Waals surface area contributed by atoms with Gasteiger partial charge in [-0.3, -0.25) is 15.2 Å². The van der Waals surface area contributed by atoms with Gasteiger partial charge in [0.2, 0.25) is 0 Å². The molecule has 0 aliphatic rings. The van der Waals surface area contributed by atoms with E-state index in [-0.39, 0.29) is 12.2 Å². The van der Waals surface area contributed by atoms with Crippen LogP contribution in [-0.4, -0.2) is 21.7 Å². The largest absolute Gasteiger partial charge is 0.277 e. The number of fused-ring (bicyclic) bond motifs is 1. The minimum atomic E-state index is -0.461. The van der Waals surface area contributed by atoms with Crippen molar-refractivity contribution >= 4 is 22.7 Å². The number of hydrogen-bond donors (Lipinski definition) is 1. The van der Waals surface area contributed by atoms with Crippen LogP contribution < -0.4 is 0 Å². The molecule has 1 aromatic heterocycles. The molecule has 0 spiro atoms. The molecular formula is C10H8N6O2. The first-order valence-corrected chi connectivity index (χ1v) is 5.02. The monoisotopic (exact) mass is 244 g/mol. The summed E-state index contributed by atoms with van der Waals surface area (Å²) < 4.78 is 0. The number of nitrogens with zero attached hydrogens (tertiary/aromatic N) is 5. The van der Waals surface area contributed by atoms with E-state index >= 15 is 0 Å². The van der Waals surface area contributed by atoms with E-state index < -0.39 is 4.92 Å². The lowest BCUT2D eigenvalue weighted by molar-refractivity contribution is -0.384. The number of hydrogen-bond acceptors (Lipinski definition) is 4. The van der Waals surface area contributed by atoms with Crippen LogP contribution in [0.1, 0.15) is 5.69 Å². The fraction of sp³-hybridized carbons (Fsp3) is 0.100. The number of azide groups is 1. The number of H-pyrrole nitrogens is 1. The minimum absolute atomic E-state index is 0.00996. The highest BCUT2D eigenvalue weighted by molar-refractivity contribution is 5.88. The van der Waals surface area contributed by atoms with Gasteiger partial charge in [0, 0.05) is 29.0 Å². The van der Waals surface area contributed by atoms with Gasteiger partial charge in [0.25, 0.3) is 5.69 Å². The molecule has 0 bridgehead atoms. The van der Waals surface area contributed by atoms with Crippen molar-refractivity contribution in [3.8, 4) is 0 Å². The van der Waals surface area contributed by atoms with Crippen LogP contribution in [0.4, 0.5) is 5.69 Å². The van der Waals surface area contributed by atoms with Crippen LogP contribution in [0.15, 0.2) is 29.4 Å². The van der Waals surface area contributed by atoms with Gasteiger partial charge in [0.15, 0.2) is 0 Å². The van der Waals surface area contributed by atoms with E-state index in [1.165, 1.54) is 12.1 Å². The number of nitro benzene ring substituents is 1. The van der Waals surface area contributed by atoms with Gasteiger partial charge in [-0.2, -0.15) is 5.10 Å². The van der Waals surface area contributed by atoms with Crippen LogP contribution >= 0.6 is 0 Å². The molecule has 1 N–H and O–H groups in total. The quantitative estimate of drug-likeness (QED) is 0.292. The predicted molar refractivity (Wildman–Crippen MR) is 65.8 cm³/mol. The van der Waals surface area contributed by atoms with Crippen molar-refractivity contribution in [3.05, 3.63) is 50.5 Å². The number of benzene rings is 1. The Morgan fingerprint density at radius 2 is 2.44 bits per heavy atom. The molecule has 1 heterocycles. The van der Waals surface area contributed by atoms with Crippen LogP contribution in [0, 0.1) is 10.1 Å².